The number of hydrogen-bond acceptors (Lipinski definition) is 4. The standard InChI is InChI=1S/C26H32N4O2/c1-4-32-23-14-12-21(13-15-23)24-11-8-17-29(24)18-16-25(31)27-26-19(2)28-30(20(26)3)22-9-6-5-7-10-22/h5-7,9-10,12-15,24H,4,8,11,16-18H2,1-3H3,(H,27,31). The van der Waals surface area contributed by atoms with E-state index < -0.39 is 0 Å². The quantitative estimate of drug-likeness (QED) is 0.541. The Kier molecular flexibility index (Phi) is 6.90. The molecule has 4 rings (SSSR count). The van der Waals surface area contributed by atoms with Crippen molar-refractivity contribution in [3.05, 3.63) is 71.5 Å². The summed E-state index contributed by atoms with van der Waals surface area (Å²) in [6.45, 7) is 8.36. The number of rotatable bonds is 8. The Balaban J connectivity index is 1.37. The van der Waals surface area contributed by atoms with Gasteiger partial charge in [-0.05, 0) is 70.0 Å². The van der Waals surface area contributed by atoms with Gasteiger partial charge >= 0.3 is 0 Å². The van der Waals surface area contributed by atoms with Crippen LogP contribution in [0.4, 0.5) is 5.69 Å². The highest BCUT2D eigenvalue weighted by Gasteiger charge is 2.26. The molecule has 1 atom stereocenters. The molecule has 6 nitrogen and oxygen atoms in total. The van der Waals surface area contributed by atoms with Crippen LogP contribution >= 0.6 is 0 Å². The largest absolute Gasteiger partial charge is 0.494 e. The first-order valence-electron chi connectivity index (χ1n) is 11.4. The summed E-state index contributed by atoms with van der Waals surface area (Å²) in [5, 5.41) is 7.73. The number of nitrogens with one attached hydrogen (secondary N) is 1. The van der Waals surface area contributed by atoms with Crippen LogP contribution in [0, 0.1) is 13.8 Å². The van der Waals surface area contributed by atoms with Crippen molar-refractivity contribution in [1.82, 2.24) is 14.7 Å². The van der Waals surface area contributed by atoms with Gasteiger partial charge in [0.25, 0.3) is 0 Å². The van der Waals surface area contributed by atoms with E-state index in [0.717, 1.165) is 54.4 Å². The van der Waals surface area contributed by atoms with Crippen molar-refractivity contribution in [3.63, 3.8) is 0 Å². The highest BCUT2D eigenvalue weighted by atomic mass is 16.5. The molecule has 2 aromatic carbocycles. The molecule has 1 aliphatic heterocycles. The molecule has 0 bridgehead atoms. The van der Waals surface area contributed by atoms with Crippen molar-refractivity contribution in [2.75, 3.05) is 25.0 Å². The fourth-order valence-electron chi connectivity index (χ4n) is 4.52. The van der Waals surface area contributed by atoms with Gasteiger partial charge < -0.3 is 10.1 Å². The molecule has 1 fully saturated rings. The van der Waals surface area contributed by atoms with Gasteiger partial charge in [-0.25, -0.2) is 4.68 Å². The number of aryl methyl sites for hydroxylation is 1. The smallest absolute Gasteiger partial charge is 0.225 e. The molecule has 1 N–H and O–H groups in total. The van der Waals surface area contributed by atoms with E-state index in [9.17, 15) is 4.79 Å². The Bertz CT molecular complexity index is 1040. The summed E-state index contributed by atoms with van der Waals surface area (Å²) in [6.07, 6.45) is 2.74. The third-order valence-corrected chi connectivity index (χ3v) is 6.12. The van der Waals surface area contributed by atoms with Crippen LogP contribution in [-0.2, 0) is 4.79 Å². The van der Waals surface area contributed by atoms with Crippen LogP contribution < -0.4 is 10.1 Å². The lowest BCUT2D eigenvalue weighted by molar-refractivity contribution is -0.116. The van der Waals surface area contributed by atoms with Gasteiger partial charge in [-0.2, -0.15) is 5.10 Å². The van der Waals surface area contributed by atoms with Crippen molar-refractivity contribution in [3.8, 4) is 11.4 Å². The Labute approximate surface area is 190 Å². The maximum absolute atomic E-state index is 12.8. The topological polar surface area (TPSA) is 59.4 Å². The number of benzene rings is 2. The van der Waals surface area contributed by atoms with Gasteiger partial charge in [-0.3, -0.25) is 9.69 Å². The van der Waals surface area contributed by atoms with Crippen LogP contribution in [0.5, 0.6) is 5.75 Å². The monoisotopic (exact) mass is 432 g/mol. The van der Waals surface area contributed by atoms with Crippen LogP contribution in [0.25, 0.3) is 5.69 Å². The summed E-state index contributed by atoms with van der Waals surface area (Å²) in [4.78, 5) is 15.2. The van der Waals surface area contributed by atoms with Crippen molar-refractivity contribution in [2.24, 2.45) is 0 Å². The SMILES string of the molecule is CCOc1ccc(C2CCCN2CCC(=O)Nc2c(C)nn(-c3ccccc3)c2C)cc1. The van der Waals surface area contributed by atoms with E-state index in [4.69, 9.17) is 4.74 Å². The van der Waals surface area contributed by atoms with E-state index in [2.05, 4.69) is 27.4 Å². The molecule has 1 aliphatic rings. The maximum atomic E-state index is 12.8. The van der Waals surface area contributed by atoms with E-state index in [1.165, 1.54) is 5.56 Å². The average Bonchev–Trinajstić information content (AvgIpc) is 3.39. The molecule has 0 aliphatic carbocycles. The van der Waals surface area contributed by atoms with Crippen LogP contribution in [-0.4, -0.2) is 40.3 Å². The van der Waals surface area contributed by atoms with Gasteiger partial charge in [0.1, 0.15) is 5.75 Å². The summed E-state index contributed by atoms with van der Waals surface area (Å²) >= 11 is 0. The fourth-order valence-corrected chi connectivity index (χ4v) is 4.52. The molecule has 1 aromatic heterocycles. The lowest BCUT2D eigenvalue weighted by atomic mass is 10.0. The van der Waals surface area contributed by atoms with Crippen LogP contribution in [0.3, 0.4) is 0 Å². The van der Waals surface area contributed by atoms with Crippen molar-refractivity contribution < 1.29 is 9.53 Å². The second-order valence-corrected chi connectivity index (χ2v) is 8.29. The van der Waals surface area contributed by atoms with Crippen molar-refractivity contribution >= 4 is 11.6 Å². The Morgan fingerprint density at radius 2 is 1.88 bits per heavy atom. The first-order valence-corrected chi connectivity index (χ1v) is 11.4. The van der Waals surface area contributed by atoms with Crippen LogP contribution in [0.2, 0.25) is 0 Å². The zero-order valence-electron chi connectivity index (χ0n) is 19.2. The third kappa shape index (κ3) is 4.86. The Hall–Kier alpha value is -3.12. The first kappa shape index (κ1) is 22.1. The molecule has 6 heteroatoms. The molecule has 0 spiro atoms. The van der Waals surface area contributed by atoms with E-state index in [-0.39, 0.29) is 5.91 Å². The number of carbonyl (C=O) groups excluding carboxylic acids is 1. The zero-order chi connectivity index (χ0) is 22.5. The fraction of sp³-hybridized carbons (Fsp3) is 0.385. The maximum Gasteiger partial charge on any atom is 0.225 e. The molecule has 32 heavy (non-hydrogen) atoms. The minimum absolute atomic E-state index is 0.0288. The van der Waals surface area contributed by atoms with Crippen LogP contribution in [0.15, 0.2) is 54.6 Å². The third-order valence-electron chi connectivity index (χ3n) is 6.12. The van der Waals surface area contributed by atoms with E-state index in [1.54, 1.807) is 0 Å². The average molecular weight is 433 g/mol. The van der Waals surface area contributed by atoms with Gasteiger partial charge in [0.15, 0.2) is 0 Å². The van der Waals surface area contributed by atoms with Crippen molar-refractivity contribution in [1.29, 1.82) is 0 Å². The van der Waals surface area contributed by atoms with Gasteiger partial charge in [-0.1, -0.05) is 30.3 Å². The molecule has 0 radical (unpaired) electrons. The first-order chi connectivity index (χ1) is 15.6. The van der Waals surface area contributed by atoms with E-state index in [1.807, 2.05) is 67.9 Å². The van der Waals surface area contributed by atoms with Gasteiger partial charge in [-0.15, -0.1) is 0 Å². The number of aromatic nitrogens is 2. The lowest BCUT2D eigenvalue weighted by Crippen LogP contribution is -2.27. The number of amides is 1. The molecule has 1 amide bonds. The van der Waals surface area contributed by atoms with E-state index >= 15 is 0 Å². The normalized spacial score (nSPS) is 16.3. The summed E-state index contributed by atoms with van der Waals surface area (Å²) in [7, 11) is 0. The van der Waals surface area contributed by atoms with Crippen molar-refractivity contribution in [2.45, 2.75) is 46.1 Å². The van der Waals surface area contributed by atoms with Gasteiger partial charge in [0.2, 0.25) is 5.91 Å². The number of ether oxygens (including phenoxy) is 1. The molecule has 2 heterocycles. The second-order valence-electron chi connectivity index (χ2n) is 8.29. The number of likely N-dealkylation sites (tertiary alicyclic amines) is 1. The van der Waals surface area contributed by atoms with Gasteiger partial charge in [0, 0.05) is 19.0 Å². The predicted molar refractivity (Wildman–Crippen MR) is 127 cm³/mol. The number of carbonyl (C=O) groups is 1. The predicted octanol–water partition coefficient (Wildman–Crippen LogP) is 5.05. The minimum atomic E-state index is 0.0288. The number of para-hydroxylation sites is 1. The Morgan fingerprint density at radius 1 is 1.12 bits per heavy atom. The summed E-state index contributed by atoms with van der Waals surface area (Å²) in [6, 6.07) is 18.7. The molecular formula is C26H32N4O2. The van der Waals surface area contributed by atoms with E-state index in [0.29, 0.717) is 19.1 Å². The van der Waals surface area contributed by atoms with Gasteiger partial charge in [0.05, 0.1) is 29.4 Å². The summed E-state index contributed by atoms with van der Waals surface area (Å²) in [5.74, 6) is 0.933. The lowest BCUT2D eigenvalue weighted by Gasteiger charge is -2.24. The molecule has 1 unspecified atom stereocenters. The number of anilines is 1. The molecule has 168 valence electrons. The Morgan fingerprint density at radius 3 is 2.59 bits per heavy atom. The zero-order valence-corrected chi connectivity index (χ0v) is 19.2. The number of nitrogens with zero attached hydrogens (tertiary/aromatic N) is 3. The minimum Gasteiger partial charge on any atom is -0.494 e. The molecule has 3 aromatic rings. The molecular weight excluding hydrogens is 400 g/mol. The summed E-state index contributed by atoms with van der Waals surface area (Å²) < 4.78 is 7.44. The number of hydrogen-bond donors (Lipinski definition) is 1. The molecule has 1 saturated heterocycles. The highest BCUT2D eigenvalue weighted by Crippen LogP contribution is 2.33. The molecule has 0 saturated carbocycles. The highest BCUT2D eigenvalue weighted by molar-refractivity contribution is 5.92. The second kappa shape index (κ2) is 10.0. The van der Waals surface area contributed by atoms with Crippen LogP contribution in [0.1, 0.15) is 49.2 Å². The summed E-state index contributed by atoms with van der Waals surface area (Å²) in [5.41, 5.74) is 4.86.